The largest absolute Gasteiger partial charge is 0.481 e. The maximum absolute atomic E-state index is 11.6. The van der Waals surface area contributed by atoms with Crippen LogP contribution in [0.2, 0.25) is 0 Å². The molecular weight excluding hydrogens is 342 g/mol. The van der Waals surface area contributed by atoms with Crippen molar-refractivity contribution in [3.8, 4) is 0 Å². The number of nitrogens with one attached hydrogen (secondary N) is 1. The number of carbonyl (C=O) groups is 2. The van der Waals surface area contributed by atoms with E-state index < -0.39 is 5.97 Å². The fourth-order valence-electron chi connectivity index (χ4n) is 1.53. The highest BCUT2D eigenvalue weighted by atomic mass is 79.9. The lowest BCUT2D eigenvalue weighted by molar-refractivity contribution is -0.137. The third kappa shape index (κ3) is 7.55. The summed E-state index contributed by atoms with van der Waals surface area (Å²) in [6.45, 7) is 0.547. The highest BCUT2D eigenvalue weighted by molar-refractivity contribution is 9.10. The molecule has 1 aromatic rings. The number of unbranched alkanes of at least 4 members (excludes halogenated alkanes) is 1. The van der Waals surface area contributed by atoms with Crippen LogP contribution < -0.4 is 5.32 Å². The van der Waals surface area contributed by atoms with E-state index in [1.165, 1.54) is 0 Å². The number of aliphatic carboxylic acids is 1. The zero-order chi connectivity index (χ0) is 14.8. The zero-order valence-electron chi connectivity index (χ0n) is 11.1. The normalized spacial score (nSPS) is 10.2. The van der Waals surface area contributed by atoms with Crippen molar-refractivity contribution >= 4 is 39.6 Å². The minimum atomic E-state index is -0.791. The summed E-state index contributed by atoms with van der Waals surface area (Å²) in [5.41, 5.74) is 0. The first-order valence-electron chi connectivity index (χ1n) is 6.45. The molecule has 0 heterocycles. The Bertz CT molecular complexity index is 454. The maximum atomic E-state index is 11.6. The molecule has 0 aliphatic rings. The van der Waals surface area contributed by atoms with Crippen LogP contribution >= 0.6 is 27.7 Å². The van der Waals surface area contributed by atoms with E-state index in [0.717, 1.165) is 15.1 Å². The summed E-state index contributed by atoms with van der Waals surface area (Å²) in [7, 11) is 0. The minimum absolute atomic E-state index is 0.0138. The van der Waals surface area contributed by atoms with Gasteiger partial charge in [-0.1, -0.05) is 12.1 Å². The molecule has 20 heavy (non-hydrogen) atoms. The Labute approximate surface area is 131 Å². The summed E-state index contributed by atoms with van der Waals surface area (Å²) >= 11 is 5.10. The number of halogens is 1. The number of hydrogen-bond acceptors (Lipinski definition) is 3. The van der Waals surface area contributed by atoms with Crippen LogP contribution in [0.1, 0.15) is 25.7 Å². The van der Waals surface area contributed by atoms with Gasteiger partial charge in [0.2, 0.25) is 5.91 Å². The Morgan fingerprint density at radius 1 is 1.20 bits per heavy atom. The first kappa shape index (κ1) is 17.0. The standard InChI is InChI=1S/C14H18BrNO3S/c15-11-5-1-2-6-12(11)20-10-8-13(17)16-9-4-3-7-14(18)19/h1-2,5-6H,3-4,7-10H2,(H,16,17)(H,18,19). The van der Waals surface area contributed by atoms with Gasteiger partial charge in [0, 0.05) is 34.5 Å². The van der Waals surface area contributed by atoms with Crippen LogP contribution in [0.3, 0.4) is 0 Å². The smallest absolute Gasteiger partial charge is 0.303 e. The molecule has 0 atom stereocenters. The molecular formula is C14H18BrNO3S. The predicted molar refractivity (Wildman–Crippen MR) is 84.0 cm³/mol. The van der Waals surface area contributed by atoms with Gasteiger partial charge in [-0.05, 0) is 40.9 Å². The molecule has 0 unspecified atom stereocenters. The van der Waals surface area contributed by atoms with E-state index in [4.69, 9.17) is 5.11 Å². The van der Waals surface area contributed by atoms with E-state index in [0.29, 0.717) is 25.8 Å². The topological polar surface area (TPSA) is 66.4 Å². The lowest BCUT2D eigenvalue weighted by atomic mass is 10.2. The summed E-state index contributed by atoms with van der Waals surface area (Å²) < 4.78 is 1.04. The first-order chi connectivity index (χ1) is 9.59. The van der Waals surface area contributed by atoms with E-state index in [1.54, 1.807) is 11.8 Å². The van der Waals surface area contributed by atoms with Crippen molar-refractivity contribution in [1.29, 1.82) is 0 Å². The average molecular weight is 360 g/mol. The molecule has 0 spiro atoms. The van der Waals surface area contributed by atoms with Crippen molar-refractivity contribution in [3.63, 3.8) is 0 Å². The van der Waals surface area contributed by atoms with Gasteiger partial charge in [-0.25, -0.2) is 0 Å². The van der Waals surface area contributed by atoms with E-state index in [9.17, 15) is 9.59 Å². The molecule has 0 aliphatic carbocycles. The van der Waals surface area contributed by atoms with E-state index in [2.05, 4.69) is 21.2 Å². The minimum Gasteiger partial charge on any atom is -0.481 e. The number of rotatable bonds is 9. The van der Waals surface area contributed by atoms with Crippen LogP contribution in [-0.2, 0) is 9.59 Å². The molecule has 1 rings (SSSR count). The van der Waals surface area contributed by atoms with E-state index in [-0.39, 0.29) is 12.3 Å². The summed E-state index contributed by atoms with van der Waals surface area (Å²) in [5, 5.41) is 11.3. The number of carbonyl (C=O) groups excluding carboxylic acids is 1. The van der Waals surface area contributed by atoms with Crippen molar-refractivity contribution in [3.05, 3.63) is 28.7 Å². The first-order valence-corrected chi connectivity index (χ1v) is 8.23. The molecule has 6 heteroatoms. The quantitative estimate of drug-likeness (QED) is 0.524. The van der Waals surface area contributed by atoms with Crippen LogP contribution in [-0.4, -0.2) is 29.3 Å². The number of thioether (sulfide) groups is 1. The fourth-order valence-corrected chi connectivity index (χ4v) is 3.05. The van der Waals surface area contributed by atoms with Gasteiger partial charge in [0.15, 0.2) is 0 Å². The molecule has 2 N–H and O–H groups in total. The molecule has 1 amide bonds. The second-order valence-electron chi connectivity index (χ2n) is 4.23. The van der Waals surface area contributed by atoms with Crippen LogP contribution in [0.25, 0.3) is 0 Å². The number of amides is 1. The second kappa shape index (κ2) is 9.83. The molecule has 0 radical (unpaired) electrons. The number of benzene rings is 1. The van der Waals surface area contributed by atoms with Gasteiger partial charge in [-0.3, -0.25) is 9.59 Å². The van der Waals surface area contributed by atoms with Crippen molar-refractivity contribution in [2.24, 2.45) is 0 Å². The van der Waals surface area contributed by atoms with Crippen LogP contribution in [0, 0.1) is 0 Å². The van der Waals surface area contributed by atoms with Gasteiger partial charge in [-0.15, -0.1) is 11.8 Å². The monoisotopic (exact) mass is 359 g/mol. The molecule has 0 saturated carbocycles. The molecule has 0 bridgehead atoms. The van der Waals surface area contributed by atoms with E-state index in [1.807, 2.05) is 24.3 Å². The SMILES string of the molecule is O=C(O)CCCCNC(=O)CCSc1ccccc1Br. The molecule has 0 saturated heterocycles. The van der Waals surface area contributed by atoms with Gasteiger partial charge in [0.1, 0.15) is 0 Å². The van der Waals surface area contributed by atoms with Gasteiger partial charge >= 0.3 is 5.97 Å². The molecule has 0 aliphatic heterocycles. The zero-order valence-corrected chi connectivity index (χ0v) is 13.5. The van der Waals surface area contributed by atoms with E-state index >= 15 is 0 Å². The Hall–Kier alpha value is -1.01. The van der Waals surface area contributed by atoms with Crippen LogP contribution in [0.15, 0.2) is 33.6 Å². The fraction of sp³-hybridized carbons (Fsp3) is 0.429. The lowest BCUT2D eigenvalue weighted by Gasteiger charge is -2.05. The molecule has 110 valence electrons. The van der Waals surface area contributed by atoms with Gasteiger partial charge in [0.25, 0.3) is 0 Å². The average Bonchev–Trinajstić information content (AvgIpc) is 2.40. The Balaban J connectivity index is 2.09. The Kier molecular flexibility index (Phi) is 8.37. The van der Waals surface area contributed by atoms with Crippen LogP contribution in [0.5, 0.6) is 0 Å². The summed E-state index contributed by atoms with van der Waals surface area (Å²) in [6, 6.07) is 7.91. The van der Waals surface area contributed by atoms with Crippen molar-refractivity contribution in [2.75, 3.05) is 12.3 Å². The Morgan fingerprint density at radius 2 is 1.95 bits per heavy atom. The van der Waals surface area contributed by atoms with Crippen LogP contribution in [0.4, 0.5) is 0 Å². The molecule has 4 nitrogen and oxygen atoms in total. The summed E-state index contributed by atoms with van der Waals surface area (Å²) in [4.78, 5) is 23.0. The number of carboxylic acid groups (broad SMARTS) is 1. The number of carboxylic acids is 1. The Morgan fingerprint density at radius 3 is 2.65 bits per heavy atom. The number of hydrogen-bond donors (Lipinski definition) is 2. The summed E-state index contributed by atoms with van der Waals surface area (Å²) in [5.74, 6) is -0.0510. The predicted octanol–water partition coefficient (Wildman–Crippen LogP) is 3.30. The highest BCUT2D eigenvalue weighted by Crippen LogP contribution is 2.27. The molecule has 1 aromatic carbocycles. The van der Waals surface area contributed by atoms with Gasteiger partial charge < -0.3 is 10.4 Å². The van der Waals surface area contributed by atoms with Crippen molar-refractivity contribution < 1.29 is 14.7 Å². The van der Waals surface area contributed by atoms with Crippen molar-refractivity contribution in [2.45, 2.75) is 30.6 Å². The maximum Gasteiger partial charge on any atom is 0.303 e. The molecule has 0 fully saturated rings. The third-order valence-electron chi connectivity index (χ3n) is 2.56. The highest BCUT2D eigenvalue weighted by Gasteiger charge is 2.04. The lowest BCUT2D eigenvalue weighted by Crippen LogP contribution is -2.24. The second-order valence-corrected chi connectivity index (χ2v) is 6.22. The third-order valence-corrected chi connectivity index (χ3v) is 4.59. The van der Waals surface area contributed by atoms with Crippen molar-refractivity contribution in [1.82, 2.24) is 5.32 Å². The van der Waals surface area contributed by atoms with Gasteiger partial charge in [0.05, 0.1) is 0 Å². The molecule has 0 aromatic heterocycles. The summed E-state index contributed by atoms with van der Waals surface area (Å²) in [6.07, 6.45) is 1.93. The van der Waals surface area contributed by atoms with Gasteiger partial charge in [-0.2, -0.15) is 0 Å².